The third kappa shape index (κ3) is 2.62. The van der Waals surface area contributed by atoms with Crippen molar-refractivity contribution in [1.82, 2.24) is 14.7 Å². The van der Waals surface area contributed by atoms with Crippen molar-refractivity contribution in [3.05, 3.63) is 53.1 Å². The zero-order valence-corrected chi connectivity index (χ0v) is 12.7. The van der Waals surface area contributed by atoms with Gasteiger partial charge in [-0.3, -0.25) is 14.4 Å². The SMILES string of the molecule is Cc1cc(C)n(C2CN([C@H](C(N)=O)c3ccc(F)cc3)C2)n1. The summed E-state index contributed by atoms with van der Waals surface area (Å²) in [5, 5.41) is 4.48. The zero-order chi connectivity index (χ0) is 15.9. The minimum Gasteiger partial charge on any atom is -0.368 e. The normalized spacial score (nSPS) is 17.2. The van der Waals surface area contributed by atoms with Gasteiger partial charge in [0.05, 0.1) is 11.7 Å². The quantitative estimate of drug-likeness (QED) is 0.935. The molecule has 0 bridgehead atoms. The predicted molar refractivity (Wildman–Crippen MR) is 80.6 cm³/mol. The molecule has 0 unspecified atom stereocenters. The standard InChI is InChI=1S/C16H19FN4O/c1-10-7-11(2)21(19-10)14-8-20(9-14)15(16(18)22)12-3-5-13(17)6-4-12/h3-7,14-15H,8-9H2,1-2H3,(H2,18,22)/t15-/m0/s1. The van der Waals surface area contributed by atoms with E-state index in [0.717, 1.165) is 17.0 Å². The first-order valence-electron chi connectivity index (χ1n) is 7.27. The molecule has 116 valence electrons. The van der Waals surface area contributed by atoms with Gasteiger partial charge in [-0.1, -0.05) is 12.1 Å². The highest BCUT2D eigenvalue weighted by Crippen LogP contribution is 2.31. The molecule has 1 aliphatic rings. The fourth-order valence-corrected chi connectivity index (χ4v) is 3.07. The van der Waals surface area contributed by atoms with E-state index in [1.54, 1.807) is 12.1 Å². The molecular formula is C16H19FN4O. The minimum atomic E-state index is -0.520. The summed E-state index contributed by atoms with van der Waals surface area (Å²) in [4.78, 5) is 13.8. The molecule has 22 heavy (non-hydrogen) atoms. The van der Waals surface area contributed by atoms with Crippen LogP contribution in [0.3, 0.4) is 0 Å². The Balaban J connectivity index is 1.75. The van der Waals surface area contributed by atoms with Gasteiger partial charge in [-0.2, -0.15) is 5.10 Å². The number of amides is 1. The molecular weight excluding hydrogens is 283 g/mol. The molecule has 0 spiro atoms. The van der Waals surface area contributed by atoms with E-state index in [0.29, 0.717) is 13.1 Å². The lowest BCUT2D eigenvalue weighted by atomic mass is 9.98. The van der Waals surface area contributed by atoms with Crippen molar-refractivity contribution in [3.8, 4) is 0 Å². The molecule has 1 atom stereocenters. The van der Waals surface area contributed by atoms with Gasteiger partial charge in [0.1, 0.15) is 11.9 Å². The van der Waals surface area contributed by atoms with Crippen molar-refractivity contribution >= 4 is 5.91 Å². The van der Waals surface area contributed by atoms with Crippen LogP contribution in [0.2, 0.25) is 0 Å². The maximum atomic E-state index is 13.0. The molecule has 2 N–H and O–H groups in total. The van der Waals surface area contributed by atoms with Crippen LogP contribution in [0.15, 0.2) is 30.3 Å². The van der Waals surface area contributed by atoms with Gasteiger partial charge >= 0.3 is 0 Å². The fourth-order valence-electron chi connectivity index (χ4n) is 3.07. The molecule has 5 nitrogen and oxygen atoms in total. The van der Waals surface area contributed by atoms with Crippen LogP contribution >= 0.6 is 0 Å². The third-order valence-electron chi connectivity index (χ3n) is 4.10. The summed E-state index contributed by atoms with van der Waals surface area (Å²) in [5.74, 6) is -0.741. The van der Waals surface area contributed by atoms with Gasteiger partial charge < -0.3 is 5.73 Å². The van der Waals surface area contributed by atoms with Crippen molar-refractivity contribution in [2.24, 2.45) is 5.73 Å². The summed E-state index contributed by atoms with van der Waals surface area (Å²) in [7, 11) is 0. The summed E-state index contributed by atoms with van der Waals surface area (Å²) in [5.41, 5.74) is 8.36. The van der Waals surface area contributed by atoms with Crippen molar-refractivity contribution in [1.29, 1.82) is 0 Å². The summed E-state index contributed by atoms with van der Waals surface area (Å²) in [6, 6.07) is 7.69. The summed E-state index contributed by atoms with van der Waals surface area (Å²) < 4.78 is 15.0. The number of carbonyl (C=O) groups is 1. The molecule has 1 aromatic carbocycles. The van der Waals surface area contributed by atoms with E-state index >= 15 is 0 Å². The van der Waals surface area contributed by atoms with E-state index in [2.05, 4.69) is 5.10 Å². The van der Waals surface area contributed by atoms with Crippen molar-refractivity contribution in [3.63, 3.8) is 0 Å². The second-order valence-electron chi connectivity index (χ2n) is 5.84. The fraction of sp³-hybridized carbons (Fsp3) is 0.375. The molecule has 0 radical (unpaired) electrons. The third-order valence-corrected chi connectivity index (χ3v) is 4.10. The van der Waals surface area contributed by atoms with Crippen LogP contribution in [0.1, 0.15) is 29.0 Å². The number of primary amides is 1. The van der Waals surface area contributed by atoms with Gasteiger partial charge in [0.15, 0.2) is 0 Å². The first kappa shape index (κ1) is 14.7. The monoisotopic (exact) mass is 302 g/mol. The molecule has 1 saturated heterocycles. The second kappa shape index (κ2) is 5.53. The Morgan fingerprint density at radius 3 is 2.45 bits per heavy atom. The summed E-state index contributed by atoms with van der Waals surface area (Å²) >= 11 is 0. The van der Waals surface area contributed by atoms with Crippen molar-refractivity contribution in [2.75, 3.05) is 13.1 Å². The maximum absolute atomic E-state index is 13.0. The lowest BCUT2D eigenvalue weighted by Crippen LogP contribution is -2.52. The number of carbonyl (C=O) groups excluding carboxylic acids is 1. The van der Waals surface area contributed by atoms with Crippen LogP contribution in [0, 0.1) is 19.7 Å². The number of halogens is 1. The molecule has 1 fully saturated rings. The Morgan fingerprint density at radius 1 is 1.32 bits per heavy atom. The van der Waals surface area contributed by atoms with E-state index < -0.39 is 11.9 Å². The van der Waals surface area contributed by atoms with Gasteiger partial charge in [-0.05, 0) is 37.6 Å². The van der Waals surface area contributed by atoms with Crippen molar-refractivity contribution < 1.29 is 9.18 Å². The Bertz CT molecular complexity index is 689. The molecule has 1 aliphatic heterocycles. The van der Waals surface area contributed by atoms with Crippen LogP contribution in [-0.2, 0) is 4.79 Å². The highest BCUT2D eigenvalue weighted by molar-refractivity contribution is 5.81. The van der Waals surface area contributed by atoms with Crippen LogP contribution in [0.4, 0.5) is 4.39 Å². The number of benzene rings is 1. The second-order valence-corrected chi connectivity index (χ2v) is 5.84. The lowest BCUT2D eigenvalue weighted by Gasteiger charge is -2.43. The van der Waals surface area contributed by atoms with Crippen LogP contribution in [0.25, 0.3) is 0 Å². The average Bonchev–Trinajstić information content (AvgIpc) is 2.73. The largest absolute Gasteiger partial charge is 0.368 e. The van der Waals surface area contributed by atoms with E-state index in [9.17, 15) is 9.18 Å². The molecule has 3 rings (SSSR count). The topological polar surface area (TPSA) is 64.2 Å². The molecule has 6 heteroatoms. The number of hydrogen-bond acceptors (Lipinski definition) is 3. The molecule has 1 amide bonds. The van der Waals surface area contributed by atoms with E-state index in [1.165, 1.54) is 12.1 Å². The van der Waals surface area contributed by atoms with Crippen LogP contribution < -0.4 is 5.73 Å². The summed E-state index contributed by atoms with van der Waals surface area (Å²) in [6.07, 6.45) is 0. The van der Waals surface area contributed by atoms with Gasteiger partial charge in [0, 0.05) is 18.8 Å². The Kier molecular flexibility index (Phi) is 3.70. The number of aryl methyl sites for hydroxylation is 2. The molecule has 1 aromatic heterocycles. The number of rotatable bonds is 4. The smallest absolute Gasteiger partial charge is 0.239 e. The Hall–Kier alpha value is -2.21. The average molecular weight is 302 g/mol. The number of hydrogen-bond donors (Lipinski definition) is 1. The van der Waals surface area contributed by atoms with Gasteiger partial charge in [0.2, 0.25) is 5.91 Å². The lowest BCUT2D eigenvalue weighted by molar-refractivity contribution is -0.126. The predicted octanol–water partition coefficient (Wildman–Crippen LogP) is 1.72. The number of aromatic nitrogens is 2. The van der Waals surface area contributed by atoms with Crippen LogP contribution in [0.5, 0.6) is 0 Å². The maximum Gasteiger partial charge on any atom is 0.239 e. The van der Waals surface area contributed by atoms with Gasteiger partial charge in [-0.25, -0.2) is 4.39 Å². The zero-order valence-electron chi connectivity index (χ0n) is 12.7. The molecule has 2 heterocycles. The Labute approximate surface area is 128 Å². The summed E-state index contributed by atoms with van der Waals surface area (Å²) in [6.45, 7) is 5.39. The Morgan fingerprint density at radius 2 is 1.95 bits per heavy atom. The minimum absolute atomic E-state index is 0.246. The van der Waals surface area contributed by atoms with Crippen LogP contribution in [-0.4, -0.2) is 33.7 Å². The number of nitrogens with zero attached hydrogens (tertiary/aromatic N) is 3. The highest BCUT2D eigenvalue weighted by Gasteiger charge is 2.37. The van der Waals surface area contributed by atoms with Gasteiger partial charge in [0.25, 0.3) is 0 Å². The van der Waals surface area contributed by atoms with E-state index in [-0.39, 0.29) is 11.9 Å². The van der Waals surface area contributed by atoms with Gasteiger partial charge in [-0.15, -0.1) is 0 Å². The molecule has 0 saturated carbocycles. The molecule has 0 aliphatic carbocycles. The number of nitrogens with two attached hydrogens (primary N) is 1. The highest BCUT2D eigenvalue weighted by atomic mass is 19.1. The van der Waals surface area contributed by atoms with E-state index in [1.807, 2.05) is 29.5 Å². The van der Waals surface area contributed by atoms with E-state index in [4.69, 9.17) is 5.73 Å². The number of likely N-dealkylation sites (tertiary alicyclic amines) is 1. The first-order valence-corrected chi connectivity index (χ1v) is 7.27. The van der Waals surface area contributed by atoms with Crippen molar-refractivity contribution in [2.45, 2.75) is 25.9 Å². The first-order chi connectivity index (χ1) is 10.5. The molecule has 2 aromatic rings.